The largest absolute Gasteiger partial charge is 0.363 e. The molecule has 5 rings (SSSR count). The molecule has 0 radical (unpaired) electrons. The number of halogens is 3. The number of pyridine rings is 1. The van der Waals surface area contributed by atoms with Crippen LogP contribution in [0, 0.1) is 29.5 Å². The van der Waals surface area contributed by atoms with Crippen LogP contribution in [0.3, 0.4) is 0 Å². The maximum absolute atomic E-state index is 14.8. The lowest BCUT2D eigenvalue weighted by Gasteiger charge is -2.36. The highest BCUT2D eigenvalue weighted by atomic mass is 19.3. The zero-order valence-corrected chi connectivity index (χ0v) is 20.5. The highest BCUT2D eigenvalue weighted by molar-refractivity contribution is 5.91. The molecule has 1 aliphatic carbocycles. The van der Waals surface area contributed by atoms with Crippen molar-refractivity contribution in [2.24, 2.45) is 5.41 Å². The first-order chi connectivity index (χ1) is 17.7. The second-order valence-electron chi connectivity index (χ2n) is 9.57. The molecular weight excluding hydrogens is 483 g/mol. The number of carbonyl (C=O) groups is 1. The molecule has 1 amide bonds. The summed E-state index contributed by atoms with van der Waals surface area (Å²) in [4.78, 5) is 30.0. The number of benzene rings is 1. The molecule has 2 aromatic heterocycles. The molecule has 3 heterocycles. The average molecular weight is 510 g/mol. The maximum atomic E-state index is 14.8. The first-order valence-electron chi connectivity index (χ1n) is 12.2. The van der Waals surface area contributed by atoms with E-state index >= 15 is 0 Å². The second kappa shape index (κ2) is 9.50. The van der Waals surface area contributed by atoms with Gasteiger partial charge in [-0.05, 0) is 32.8 Å². The van der Waals surface area contributed by atoms with Gasteiger partial charge in [-0.25, -0.2) is 28.1 Å². The summed E-state index contributed by atoms with van der Waals surface area (Å²) in [6, 6.07) is 7.33. The Balaban J connectivity index is 1.38. The molecule has 1 N–H and O–H groups in total. The van der Waals surface area contributed by atoms with Crippen molar-refractivity contribution < 1.29 is 18.0 Å². The number of aromatic nitrogens is 3. The minimum Gasteiger partial charge on any atom is -0.363 e. The highest BCUT2D eigenvalue weighted by Crippen LogP contribution is 2.46. The molecule has 0 unspecified atom stereocenters. The van der Waals surface area contributed by atoms with E-state index < -0.39 is 29.3 Å². The monoisotopic (exact) mass is 509 g/mol. The van der Waals surface area contributed by atoms with Crippen LogP contribution >= 0.6 is 0 Å². The van der Waals surface area contributed by atoms with E-state index in [2.05, 4.69) is 26.3 Å². The van der Waals surface area contributed by atoms with Gasteiger partial charge in [0.25, 0.3) is 6.43 Å². The average Bonchev–Trinajstić information content (AvgIpc) is 3.69. The number of amides is 1. The Morgan fingerprint density at radius 3 is 2.51 bits per heavy atom. The summed E-state index contributed by atoms with van der Waals surface area (Å²) < 4.78 is 41.2. The van der Waals surface area contributed by atoms with Gasteiger partial charge in [0.15, 0.2) is 0 Å². The molecule has 1 saturated heterocycles. The smallest absolute Gasteiger partial charge is 0.266 e. The number of piperazine rings is 1. The number of aryl methyl sites for hydroxylation is 1. The lowest BCUT2D eigenvalue weighted by Crippen LogP contribution is -2.51. The van der Waals surface area contributed by atoms with E-state index in [1.54, 1.807) is 24.9 Å². The number of anilines is 2. The molecule has 3 aromatic rings. The van der Waals surface area contributed by atoms with Crippen molar-refractivity contribution in [2.45, 2.75) is 39.2 Å². The fraction of sp³-hybridized carbons (Fsp3) is 0.423. The molecule has 1 aromatic carbocycles. The fourth-order valence-electron chi connectivity index (χ4n) is 4.71. The van der Waals surface area contributed by atoms with Gasteiger partial charge in [-0.1, -0.05) is 18.2 Å². The molecule has 2 fully saturated rings. The summed E-state index contributed by atoms with van der Waals surface area (Å²) in [6.45, 7) is 5.52. The van der Waals surface area contributed by atoms with E-state index in [-0.39, 0.29) is 11.5 Å². The molecule has 1 aliphatic heterocycles. The van der Waals surface area contributed by atoms with Gasteiger partial charge in [-0.3, -0.25) is 4.79 Å². The van der Waals surface area contributed by atoms with E-state index in [0.717, 1.165) is 6.07 Å². The third-order valence-electron chi connectivity index (χ3n) is 7.06. The van der Waals surface area contributed by atoms with Crippen molar-refractivity contribution >= 4 is 28.4 Å². The summed E-state index contributed by atoms with van der Waals surface area (Å²) >= 11 is 0. The summed E-state index contributed by atoms with van der Waals surface area (Å²) in [5.74, 6) is 0.576. The number of hydrogen-bond donors (Lipinski definition) is 1. The van der Waals surface area contributed by atoms with Crippen LogP contribution in [0.15, 0.2) is 30.5 Å². The molecule has 11 heteroatoms. The number of nitrogens with one attached hydrogen (secondary N) is 1. The highest BCUT2D eigenvalue weighted by Gasteiger charge is 2.52. The van der Waals surface area contributed by atoms with Crippen molar-refractivity contribution in [3.05, 3.63) is 53.2 Å². The van der Waals surface area contributed by atoms with Crippen molar-refractivity contribution in [2.75, 3.05) is 36.4 Å². The Kier molecular flexibility index (Phi) is 6.35. The van der Waals surface area contributed by atoms with E-state index in [1.807, 2.05) is 11.0 Å². The Hall–Kier alpha value is -3.94. The fourth-order valence-corrected chi connectivity index (χ4v) is 4.71. The van der Waals surface area contributed by atoms with Crippen LogP contribution in [0.4, 0.5) is 24.8 Å². The molecule has 1 saturated carbocycles. The van der Waals surface area contributed by atoms with Crippen molar-refractivity contribution in [3.63, 3.8) is 0 Å². The van der Waals surface area contributed by atoms with Crippen LogP contribution < -0.4 is 10.2 Å². The van der Waals surface area contributed by atoms with E-state index in [4.69, 9.17) is 0 Å². The molecular formula is C26H26F3N7O. The van der Waals surface area contributed by atoms with Crippen LogP contribution in [0.25, 0.3) is 10.9 Å². The molecule has 0 spiro atoms. The number of hydrogen-bond acceptors (Lipinski definition) is 7. The predicted octanol–water partition coefficient (Wildman–Crippen LogP) is 4.54. The normalized spacial score (nSPS) is 17.5. The predicted molar refractivity (Wildman–Crippen MR) is 132 cm³/mol. The molecule has 8 nitrogen and oxygen atoms in total. The molecule has 192 valence electrons. The van der Waals surface area contributed by atoms with E-state index in [1.165, 1.54) is 12.1 Å². The number of fused-ring (bicyclic) bond motifs is 1. The van der Waals surface area contributed by atoms with Gasteiger partial charge in [-0.2, -0.15) is 5.26 Å². The van der Waals surface area contributed by atoms with Gasteiger partial charge in [0.2, 0.25) is 5.91 Å². The topological polar surface area (TPSA) is 98.0 Å². The van der Waals surface area contributed by atoms with Crippen LogP contribution in [-0.4, -0.2) is 51.9 Å². The minimum atomic E-state index is -2.91. The van der Waals surface area contributed by atoms with Gasteiger partial charge in [0.1, 0.15) is 28.7 Å². The number of nitrogens with zero attached hydrogens (tertiary/aromatic N) is 6. The summed E-state index contributed by atoms with van der Waals surface area (Å²) in [7, 11) is 0. The van der Waals surface area contributed by atoms with Gasteiger partial charge < -0.3 is 15.1 Å². The second-order valence-corrected chi connectivity index (χ2v) is 9.57. The quantitative estimate of drug-likeness (QED) is 0.521. The minimum absolute atomic E-state index is 0.0892. The summed E-state index contributed by atoms with van der Waals surface area (Å²) in [6.07, 6.45) is -0.0230. The van der Waals surface area contributed by atoms with Gasteiger partial charge in [0, 0.05) is 37.1 Å². The van der Waals surface area contributed by atoms with E-state index in [0.29, 0.717) is 67.4 Å². The number of alkyl halides is 2. The van der Waals surface area contributed by atoms with E-state index in [9.17, 15) is 23.2 Å². The molecule has 0 bridgehead atoms. The van der Waals surface area contributed by atoms with Gasteiger partial charge in [-0.15, -0.1) is 0 Å². The van der Waals surface area contributed by atoms with Gasteiger partial charge in [0.05, 0.1) is 29.4 Å². The Labute approximate surface area is 212 Å². The van der Waals surface area contributed by atoms with Crippen molar-refractivity contribution in [1.82, 2.24) is 19.9 Å². The standard InChI is InChI=1S/C26H26F3N7O/c1-15(17-4-3-5-18(22(17)27)23(28)29)32-24-19-12-21(31-13-20(19)33-16(2)34-24)35-8-10-36(11-9-35)25(37)26(14-30)6-7-26/h3-5,12-13,15,23H,6-11H2,1-2H3,(H,32,33,34)/t15-/m1/s1. The molecule has 2 aliphatic rings. The Morgan fingerprint density at radius 2 is 1.86 bits per heavy atom. The Bertz CT molecular complexity index is 1390. The first kappa shape index (κ1) is 24.7. The molecule has 1 atom stereocenters. The number of carbonyl (C=O) groups excluding carboxylic acids is 1. The summed E-state index contributed by atoms with van der Waals surface area (Å²) in [5, 5.41) is 13.2. The number of nitriles is 1. The van der Waals surface area contributed by atoms with Crippen molar-refractivity contribution in [3.8, 4) is 6.07 Å². The third kappa shape index (κ3) is 4.63. The van der Waals surface area contributed by atoms with Crippen molar-refractivity contribution in [1.29, 1.82) is 5.26 Å². The van der Waals surface area contributed by atoms with Gasteiger partial charge >= 0.3 is 0 Å². The number of rotatable bonds is 6. The zero-order chi connectivity index (χ0) is 26.3. The Morgan fingerprint density at radius 1 is 1.16 bits per heavy atom. The third-order valence-corrected chi connectivity index (χ3v) is 7.06. The van der Waals surface area contributed by atoms with Crippen LogP contribution in [0.2, 0.25) is 0 Å². The maximum Gasteiger partial charge on any atom is 0.266 e. The SMILES string of the molecule is Cc1nc(N[C@H](C)c2cccc(C(F)F)c2F)c2cc(N3CCN(C(=O)C4(C#N)CC4)CC3)ncc2n1. The first-order valence-corrected chi connectivity index (χ1v) is 12.2. The summed E-state index contributed by atoms with van der Waals surface area (Å²) in [5.41, 5.74) is -0.764. The van der Waals surface area contributed by atoms with Crippen LogP contribution in [-0.2, 0) is 4.79 Å². The zero-order valence-electron chi connectivity index (χ0n) is 20.5. The lowest BCUT2D eigenvalue weighted by atomic mass is 10.0. The van der Waals surface area contributed by atoms with Crippen LogP contribution in [0.5, 0.6) is 0 Å². The molecule has 37 heavy (non-hydrogen) atoms. The van der Waals surface area contributed by atoms with Crippen LogP contribution in [0.1, 0.15) is 49.2 Å². The lowest BCUT2D eigenvalue weighted by molar-refractivity contribution is -0.135.